The summed E-state index contributed by atoms with van der Waals surface area (Å²) in [5.74, 6) is -0.253. The molecule has 2 aromatic carbocycles. The summed E-state index contributed by atoms with van der Waals surface area (Å²) in [4.78, 5) is 12.4. The minimum atomic E-state index is -0.578. The zero-order chi connectivity index (χ0) is 18.6. The second-order valence-corrected chi connectivity index (χ2v) is 6.30. The summed E-state index contributed by atoms with van der Waals surface area (Å²) in [5, 5.41) is 13.2. The number of rotatable bonds is 4. The summed E-state index contributed by atoms with van der Waals surface area (Å²) in [6, 6.07) is 10.1. The Morgan fingerprint density at radius 2 is 1.96 bits per heavy atom. The minimum Gasteiger partial charge on any atom is -0.495 e. The highest BCUT2D eigenvalue weighted by atomic mass is 35.5. The lowest BCUT2D eigenvalue weighted by atomic mass is 10.1. The number of carbonyl (C=O) groups excluding carboxylic acids is 1. The van der Waals surface area contributed by atoms with Gasteiger partial charge in [-0.15, -0.1) is 0 Å². The first-order valence-electron chi connectivity index (χ1n) is 7.08. The largest absolute Gasteiger partial charge is 0.495 e. The van der Waals surface area contributed by atoms with E-state index in [1.54, 1.807) is 31.2 Å². The number of nitrogens with one attached hydrogen (secondary N) is 1. The molecule has 128 valence electrons. The lowest BCUT2D eigenvalue weighted by Gasteiger charge is -2.10. The van der Waals surface area contributed by atoms with Gasteiger partial charge < -0.3 is 10.1 Å². The number of anilines is 1. The van der Waals surface area contributed by atoms with Gasteiger partial charge in [0, 0.05) is 21.3 Å². The van der Waals surface area contributed by atoms with Crippen molar-refractivity contribution in [1.29, 1.82) is 5.26 Å². The van der Waals surface area contributed by atoms with Gasteiger partial charge in [0.05, 0.1) is 12.1 Å². The molecule has 0 saturated heterocycles. The first kappa shape index (κ1) is 19.1. The van der Waals surface area contributed by atoms with E-state index in [1.807, 2.05) is 6.07 Å². The summed E-state index contributed by atoms with van der Waals surface area (Å²) < 4.78 is 5.22. The number of hydrogen-bond donors (Lipinski definition) is 1. The fraction of sp³-hybridized carbons (Fsp3) is 0.111. The number of nitriles is 1. The predicted molar refractivity (Wildman–Crippen MR) is 101 cm³/mol. The van der Waals surface area contributed by atoms with Gasteiger partial charge in [-0.25, -0.2) is 0 Å². The van der Waals surface area contributed by atoms with Crippen molar-refractivity contribution in [3.8, 4) is 11.8 Å². The van der Waals surface area contributed by atoms with E-state index in [2.05, 4.69) is 5.32 Å². The second-order valence-electron chi connectivity index (χ2n) is 5.05. The maximum Gasteiger partial charge on any atom is 0.266 e. The lowest BCUT2D eigenvalue weighted by Crippen LogP contribution is -2.14. The molecule has 0 bridgehead atoms. The highest BCUT2D eigenvalue weighted by molar-refractivity contribution is 6.36. The van der Waals surface area contributed by atoms with Gasteiger partial charge in [-0.05, 0) is 42.8 Å². The Kier molecular flexibility index (Phi) is 6.33. The van der Waals surface area contributed by atoms with E-state index in [9.17, 15) is 10.1 Å². The Morgan fingerprint density at radius 3 is 2.60 bits per heavy atom. The molecular formula is C18H13Cl3N2O2. The van der Waals surface area contributed by atoms with Crippen molar-refractivity contribution in [3.05, 3.63) is 62.1 Å². The molecular weight excluding hydrogens is 383 g/mol. The number of amides is 1. The molecule has 0 saturated carbocycles. The van der Waals surface area contributed by atoms with Crippen LogP contribution in [0.25, 0.3) is 6.08 Å². The van der Waals surface area contributed by atoms with Crippen LogP contribution in [0.15, 0.2) is 35.9 Å². The predicted octanol–water partition coefficient (Wildman–Crippen LogP) is 5.51. The summed E-state index contributed by atoms with van der Waals surface area (Å²) in [5.41, 5.74) is 1.53. The quantitative estimate of drug-likeness (QED) is 0.548. The minimum absolute atomic E-state index is 0.129. The van der Waals surface area contributed by atoms with Gasteiger partial charge in [-0.2, -0.15) is 5.26 Å². The third-order valence-electron chi connectivity index (χ3n) is 3.42. The molecule has 0 heterocycles. The molecule has 0 unspecified atom stereocenters. The Labute approximate surface area is 160 Å². The number of carbonyl (C=O) groups is 1. The number of methoxy groups -OCH3 is 1. The van der Waals surface area contributed by atoms with Gasteiger partial charge in [0.25, 0.3) is 5.91 Å². The fourth-order valence-electron chi connectivity index (χ4n) is 2.14. The molecule has 0 spiro atoms. The number of ether oxygens (including phenoxy) is 1. The fourth-order valence-corrected chi connectivity index (χ4v) is 2.90. The molecule has 0 atom stereocenters. The van der Waals surface area contributed by atoms with Crippen LogP contribution in [0.1, 0.15) is 11.1 Å². The average molecular weight is 396 g/mol. The molecule has 2 rings (SSSR count). The summed E-state index contributed by atoms with van der Waals surface area (Å²) in [6.45, 7) is 1.77. The van der Waals surface area contributed by atoms with Crippen LogP contribution >= 0.6 is 34.8 Å². The molecule has 0 radical (unpaired) electrons. The van der Waals surface area contributed by atoms with Crippen LogP contribution in [-0.4, -0.2) is 13.0 Å². The van der Waals surface area contributed by atoms with Gasteiger partial charge in [-0.3, -0.25) is 4.79 Å². The van der Waals surface area contributed by atoms with Crippen molar-refractivity contribution < 1.29 is 9.53 Å². The van der Waals surface area contributed by atoms with Gasteiger partial charge in [0.2, 0.25) is 0 Å². The normalized spacial score (nSPS) is 11.0. The van der Waals surface area contributed by atoms with Crippen molar-refractivity contribution in [1.82, 2.24) is 0 Å². The van der Waals surface area contributed by atoms with Gasteiger partial charge in [0.1, 0.15) is 17.4 Å². The van der Waals surface area contributed by atoms with Crippen LogP contribution in [0.4, 0.5) is 5.69 Å². The van der Waals surface area contributed by atoms with E-state index in [0.29, 0.717) is 32.6 Å². The van der Waals surface area contributed by atoms with E-state index in [-0.39, 0.29) is 10.6 Å². The van der Waals surface area contributed by atoms with E-state index in [0.717, 1.165) is 0 Å². The van der Waals surface area contributed by atoms with Gasteiger partial charge in [-0.1, -0.05) is 40.9 Å². The van der Waals surface area contributed by atoms with Crippen molar-refractivity contribution in [2.45, 2.75) is 6.92 Å². The first-order valence-corrected chi connectivity index (χ1v) is 8.22. The zero-order valence-electron chi connectivity index (χ0n) is 13.4. The van der Waals surface area contributed by atoms with Crippen molar-refractivity contribution in [2.75, 3.05) is 12.4 Å². The SMILES string of the molecule is COc1c(Cl)cc(Cl)cc1/C=C(\C#N)C(=O)Nc1cccc(Cl)c1C. The maximum absolute atomic E-state index is 12.4. The highest BCUT2D eigenvalue weighted by Gasteiger charge is 2.15. The van der Waals surface area contributed by atoms with Gasteiger partial charge in [0.15, 0.2) is 0 Å². The highest BCUT2D eigenvalue weighted by Crippen LogP contribution is 2.33. The van der Waals surface area contributed by atoms with Crippen molar-refractivity contribution >= 4 is 52.5 Å². The van der Waals surface area contributed by atoms with E-state index in [4.69, 9.17) is 39.5 Å². The third-order valence-corrected chi connectivity index (χ3v) is 4.33. The van der Waals surface area contributed by atoms with Crippen LogP contribution in [0.3, 0.4) is 0 Å². The standard InChI is InChI=1S/C18H13Cl3N2O2/c1-10-14(20)4-3-5-16(10)23-18(24)12(9-22)6-11-7-13(19)8-15(21)17(11)25-2/h3-8H,1-2H3,(H,23,24)/b12-6+. The number of nitrogens with zero attached hydrogens (tertiary/aromatic N) is 1. The second kappa shape index (κ2) is 8.26. The van der Waals surface area contributed by atoms with Crippen molar-refractivity contribution in [3.63, 3.8) is 0 Å². The van der Waals surface area contributed by atoms with Crippen LogP contribution in [0.5, 0.6) is 5.75 Å². The summed E-state index contributed by atoms with van der Waals surface area (Å²) >= 11 is 18.1. The number of halogens is 3. The molecule has 4 nitrogen and oxygen atoms in total. The smallest absolute Gasteiger partial charge is 0.266 e. The van der Waals surface area contributed by atoms with Crippen LogP contribution in [0, 0.1) is 18.3 Å². The Morgan fingerprint density at radius 1 is 1.24 bits per heavy atom. The molecule has 7 heteroatoms. The molecule has 0 aromatic heterocycles. The Bertz CT molecular complexity index is 902. The van der Waals surface area contributed by atoms with E-state index < -0.39 is 5.91 Å². The average Bonchev–Trinajstić information content (AvgIpc) is 2.56. The molecule has 25 heavy (non-hydrogen) atoms. The van der Waals surface area contributed by atoms with E-state index in [1.165, 1.54) is 19.3 Å². The monoisotopic (exact) mass is 394 g/mol. The van der Waals surface area contributed by atoms with Crippen LogP contribution in [0.2, 0.25) is 15.1 Å². The molecule has 0 aliphatic heterocycles. The Balaban J connectivity index is 2.40. The summed E-state index contributed by atoms with van der Waals surface area (Å²) in [6.07, 6.45) is 1.37. The van der Waals surface area contributed by atoms with Crippen molar-refractivity contribution in [2.24, 2.45) is 0 Å². The molecule has 0 aliphatic carbocycles. The van der Waals surface area contributed by atoms with E-state index >= 15 is 0 Å². The van der Waals surface area contributed by atoms with Gasteiger partial charge >= 0.3 is 0 Å². The maximum atomic E-state index is 12.4. The molecule has 2 aromatic rings. The lowest BCUT2D eigenvalue weighted by molar-refractivity contribution is -0.112. The zero-order valence-corrected chi connectivity index (χ0v) is 15.6. The third kappa shape index (κ3) is 4.46. The van der Waals surface area contributed by atoms with Crippen LogP contribution < -0.4 is 10.1 Å². The molecule has 1 amide bonds. The molecule has 0 fully saturated rings. The number of benzene rings is 2. The van der Waals surface area contributed by atoms with Crippen LogP contribution in [-0.2, 0) is 4.79 Å². The molecule has 1 N–H and O–H groups in total. The Hall–Kier alpha value is -2.19. The topological polar surface area (TPSA) is 62.1 Å². The first-order chi connectivity index (χ1) is 11.9. The molecule has 0 aliphatic rings. The number of hydrogen-bond acceptors (Lipinski definition) is 3. The summed E-state index contributed by atoms with van der Waals surface area (Å²) in [7, 11) is 1.44.